The van der Waals surface area contributed by atoms with Gasteiger partial charge in [-0.1, -0.05) is 24.3 Å². The van der Waals surface area contributed by atoms with Crippen LogP contribution in [-0.4, -0.2) is 38.0 Å². The fraction of sp³-hybridized carbons (Fsp3) is 0.400. The second-order valence-corrected chi connectivity index (χ2v) is 6.10. The fourth-order valence-electron chi connectivity index (χ4n) is 2.43. The van der Waals surface area contributed by atoms with Crippen molar-refractivity contribution in [1.82, 2.24) is 10.6 Å². The minimum absolute atomic E-state index is 0.148. The molecule has 0 aliphatic carbocycles. The highest BCUT2D eigenvalue weighted by Crippen LogP contribution is 2.29. The van der Waals surface area contributed by atoms with Crippen molar-refractivity contribution in [3.05, 3.63) is 59.4 Å². The van der Waals surface area contributed by atoms with Gasteiger partial charge in [-0.25, -0.2) is 4.39 Å². The smallest absolute Gasteiger partial charge is 0.161 e. The molecule has 0 fully saturated rings. The molecule has 6 heteroatoms. The second kappa shape index (κ2) is 10.8. The van der Waals surface area contributed by atoms with Gasteiger partial charge in [-0.15, -0.1) is 0 Å². The normalized spacial score (nSPS) is 12.0. The van der Waals surface area contributed by atoms with Crippen LogP contribution in [-0.2, 0) is 13.2 Å². The zero-order valence-corrected chi connectivity index (χ0v) is 15.3. The zero-order valence-electron chi connectivity index (χ0n) is 15.3. The average molecular weight is 362 g/mol. The van der Waals surface area contributed by atoms with Crippen LogP contribution in [0.1, 0.15) is 18.1 Å². The largest absolute Gasteiger partial charge is 0.493 e. The summed E-state index contributed by atoms with van der Waals surface area (Å²) in [7, 11) is 1.59. The maximum Gasteiger partial charge on any atom is 0.161 e. The molecule has 0 saturated heterocycles. The van der Waals surface area contributed by atoms with E-state index >= 15 is 0 Å². The second-order valence-electron chi connectivity index (χ2n) is 6.10. The molecule has 142 valence electrons. The summed E-state index contributed by atoms with van der Waals surface area (Å²) in [4.78, 5) is 0. The van der Waals surface area contributed by atoms with Crippen LogP contribution < -0.4 is 20.1 Å². The molecule has 2 aromatic carbocycles. The van der Waals surface area contributed by atoms with Crippen LogP contribution in [0.5, 0.6) is 11.5 Å². The number of hydrogen-bond acceptors (Lipinski definition) is 5. The maximum atomic E-state index is 13.7. The monoisotopic (exact) mass is 362 g/mol. The van der Waals surface area contributed by atoms with Crippen LogP contribution >= 0.6 is 0 Å². The third-order valence-electron chi connectivity index (χ3n) is 3.82. The van der Waals surface area contributed by atoms with E-state index in [1.165, 1.54) is 6.07 Å². The molecule has 2 aromatic rings. The predicted octanol–water partition coefficient (Wildman–Crippen LogP) is 2.47. The Labute approximate surface area is 154 Å². The molecule has 0 aliphatic rings. The number of benzene rings is 2. The van der Waals surface area contributed by atoms with Crippen molar-refractivity contribution in [2.45, 2.75) is 26.2 Å². The van der Waals surface area contributed by atoms with Gasteiger partial charge >= 0.3 is 0 Å². The molecule has 0 aliphatic heterocycles. The summed E-state index contributed by atoms with van der Waals surface area (Å²) in [5.74, 6) is 0.919. The van der Waals surface area contributed by atoms with Gasteiger partial charge in [-0.05, 0) is 30.7 Å². The molecule has 0 bridgehead atoms. The standard InChI is InChI=1S/C20H27FN2O3/c1-15(24)12-22-9-10-23-13-16-7-8-19(20(11-16)25-2)26-14-17-5-3-4-6-18(17)21/h3-8,11,15,22-24H,9-10,12-14H2,1-2H3. The Hall–Kier alpha value is -2.15. The van der Waals surface area contributed by atoms with E-state index in [1.807, 2.05) is 18.2 Å². The number of methoxy groups -OCH3 is 1. The quantitative estimate of drug-likeness (QED) is 0.536. The molecular weight excluding hydrogens is 335 g/mol. The first-order chi connectivity index (χ1) is 12.6. The highest BCUT2D eigenvalue weighted by atomic mass is 19.1. The highest BCUT2D eigenvalue weighted by molar-refractivity contribution is 5.43. The first-order valence-electron chi connectivity index (χ1n) is 8.72. The Morgan fingerprint density at radius 1 is 1.08 bits per heavy atom. The minimum atomic E-state index is -0.337. The van der Waals surface area contributed by atoms with E-state index in [0.29, 0.717) is 30.2 Å². The predicted molar refractivity (Wildman–Crippen MR) is 100.0 cm³/mol. The van der Waals surface area contributed by atoms with Crippen LogP contribution in [0.4, 0.5) is 4.39 Å². The summed E-state index contributed by atoms with van der Waals surface area (Å²) in [5, 5.41) is 15.6. The van der Waals surface area contributed by atoms with Crippen LogP contribution in [0.15, 0.2) is 42.5 Å². The van der Waals surface area contributed by atoms with E-state index in [9.17, 15) is 9.50 Å². The van der Waals surface area contributed by atoms with Crippen LogP contribution in [0.2, 0.25) is 0 Å². The Morgan fingerprint density at radius 2 is 1.85 bits per heavy atom. The Balaban J connectivity index is 1.83. The number of hydrogen-bond donors (Lipinski definition) is 3. The Bertz CT molecular complexity index is 680. The van der Waals surface area contributed by atoms with Gasteiger partial charge in [0, 0.05) is 31.7 Å². The van der Waals surface area contributed by atoms with Crippen molar-refractivity contribution in [3.63, 3.8) is 0 Å². The van der Waals surface area contributed by atoms with Crippen molar-refractivity contribution in [1.29, 1.82) is 0 Å². The zero-order chi connectivity index (χ0) is 18.8. The van der Waals surface area contributed by atoms with E-state index < -0.39 is 0 Å². The first-order valence-corrected chi connectivity index (χ1v) is 8.72. The lowest BCUT2D eigenvalue weighted by Gasteiger charge is -2.13. The first kappa shape index (κ1) is 20.2. The molecule has 1 unspecified atom stereocenters. The molecule has 0 spiro atoms. The van der Waals surface area contributed by atoms with Gasteiger partial charge in [0.2, 0.25) is 0 Å². The maximum absolute atomic E-state index is 13.7. The van der Waals surface area contributed by atoms with E-state index in [0.717, 1.165) is 18.7 Å². The summed E-state index contributed by atoms with van der Waals surface area (Å²) in [6.07, 6.45) is -0.337. The fourth-order valence-corrected chi connectivity index (χ4v) is 2.43. The van der Waals surface area contributed by atoms with Crippen LogP contribution in [0.25, 0.3) is 0 Å². The molecule has 0 amide bonds. The summed E-state index contributed by atoms with van der Waals surface area (Å²) < 4.78 is 24.8. The number of rotatable bonds is 11. The summed E-state index contributed by atoms with van der Waals surface area (Å²) >= 11 is 0. The SMILES string of the molecule is COc1cc(CNCCNCC(C)O)ccc1OCc1ccccc1F. The van der Waals surface area contributed by atoms with Gasteiger partial charge < -0.3 is 25.2 Å². The third kappa shape index (κ3) is 6.63. The molecular formula is C20H27FN2O3. The van der Waals surface area contributed by atoms with E-state index in [-0.39, 0.29) is 18.5 Å². The number of aliphatic hydroxyl groups is 1. The average Bonchev–Trinajstić information content (AvgIpc) is 2.64. The summed E-state index contributed by atoms with van der Waals surface area (Å²) in [6, 6.07) is 12.3. The van der Waals surface area contributed by atoms with Crippen molar-refractivity contribution in [3.8, 4) is 11.5 Å². The third-order valence-corrected chi connectivity index (χ3v) is 3.82. The topological polar surface area (TPSA) is 62.8 Å². The van der Waals surface area contributed by atoms with Gasteiger partial charge in [-0.2, -0.15) is 0 Å². The van der Waals surface area contributed by atoms with Crippen LogP contribution in [0.3, 0.4) is 0 Å². The molecule has 2 rings (SSSR count). The van der Waals surface area contributed by atoms with Gasteiger partial charge in [0.25, 0.3) is 0 Å². The number of nitrogens with one attached hydrogen (secondary N) is 2. The van der Waals surface area contributed by atoms with E-state index in [4.69, 9.17) is 9.47 Å². The van der Waals surface area contributed by atoms with Crippen molar-refractivity contribution >= 4 is 0 Å². The lowest BCUT2D eigenvalue weighted by Crippen LogP contribution is -2.31. The molecule has 1 atom stereocenters. The van der Waals surface area contributed by atoms with Crippen molar-refractivity contribution < 1.29 is 19.0 Å². The van der Waals surface area contributed by atoms with Crippen molar-refractivity contribution in [2.75, 3.05) is 26.7 Å². The summed E-state index contributed by atoms with van der Waals surface area (Å²) in [6.45, 7) is 4.76. The van der Waals surface area contributed by atoms with E-state index in [2.05, 4.69) is 10.6 Å². The molecule has 3 N–H and O–H groups in total. The van der Waals surface area contributed by atoms with Crippen LogP contribution in [0, 0.1) is 5.82 Å². The molecule has 0 radical (unpaired) electrons. The number of ether oxygens (including phenoxy) is 2. The molecule has 0 heterocycles. The van der Waals surface area contributed by atoms with Gasteiger partial charge in [-0.3, -0.25) is 0 Å². The molecule has 5 nitrogen and oxygen atoms in total. The lowest BCUT2D eigenvalue weighted by molar-refractivity contribution is 0.191. The van der Waals surface area contributed by atoms with Crippen molar-refractivity contribution in [2.24, 2.45) is 0 Å². The number of halogens is 1. The Morgan fingerprint density at radius 3 is 2.58 bits per heavy atom. The number of aliphatic hydroxyl groups excluding tert-OH is 1. The van der Waals surface area contributed by atoms with Gasteiger partial charge in [0.15, 0.2) is 11.5 Å². The van der Waals surface area contributed by atoms with Gasteiger partial charge in [0.1, 0.15) is 12.4 Å². The Kier molecular flexibility index (Phi) is 8.34. The molecule has 0 aromatic heterocycles. The minimum Gasteiger partial charge on any atom is -0.493 e. The lowest BCUT2D eigenvalue weighted by atomic mass is 10.2. The molecule has 26 heavy (non-hydrogen) atoms. The van der Waals surface area contributed by atoms with E-state index in [1.54, 1.807) is 32.2 Å². The summed E-state index contributed by atoms with van der Waals surface area (Å²) in [5.41, 5.74) is 1.57. The van der Waals surface area contributed by atoms with Gasteiger partial charge in [0.05, 0.1) is 13.2 Å². The molecule has 0 saturated carbocycles. The highest BCUT2D eigenvalue weighted by Gasteiger charge is 2.08.